The van der Waals surface area contributed by atoms with Gasteiger partial charge in [0.15, 0.2) is 0 Å². The number of carbonyl (C=O) groups excluding carboxylic acids is 1. The highest BCUT2D eigenvalue weighted by atomic mass is 35.5. The van der Waals surface area contributed by atoms with Crippen LogP contribution in [-0.2, 0) is 10.2 Å². The zero-order valence-electron chi connectivity index (χ0n) is 7.69. The summed E-state index contributed by atoms with van der Waals surface area (Å²) in [7, 11) is 0. The quantitative estimate of drug-likeness (QED) is 0.697. The molecule has 1 N–H and O–H groups in total. The topological polar surface area (TPSA) is 42.0 Å². The van der Waals surface area contributed by atoms with Gasteiger partial charge in [-0.3, -0.25) is 4.79 Å². The van der Waals surface area contributed by atoms with E-state index in [2.05, 4.69) is 10.3 Å². The average Bonchev–Trinajstić information content (AvgIpc) is 2.21. The molecule has 0 aliphatic carbocycles. The van der Waals surface area contributed by atoms with E-state index in [1.807, 2.05) is 0 Å². The number of amides is 1. The second kappa shape index (κ2) is 2.84. The van der Waals surface area contributed by atoms with Gasteiger partial charge < -0.3 is 5.32 Å². The van der Waals surface area contributed by atoms with Crippen LogP contribution < -0.4 is 5.32 Å². The van der Waals surface area contributed by atoms with E-state index < -0.39 is 5.41 Å². The number of nitrogens with one attached hydrogen (secondary N) is 1. The summed E-state index contributed by atoms with van der Waals surface area (Å²) < 4.78 is 0. The standard InChI is InChI=1S/C9H8Cl2N2O/c1-9(2)6-4(10)3-5(11)12-7(6)13-8(9)14/h3H,1-2H3,(H,12,13,14). The van der Waals surface area contributed by atoms with E-state index in [-0.39, 0.29) is 11.1 Å². The molecule has 0 saturated heterocycles. The predicted molar refractivity (Wildman–Crippen MR) is 55.9 cm³/mol. The van der Waals surface area contributed by atoms with Crippen molar-refractivity contribution in [3.05, 3.63) is 21.8 Å². The molecule has 3 nitrogen and oxygen atoms in total. The maximum absolute atomic E-state index is 11.6. The van der Waals surface area contributed by atoms with Gasteiger partial charge in [0, 0.05) is 5.56 Å². The third kappa shape index (κ3) is 1.20. The number of anilines is 1. The lowest BCUT2D eigenvalue weighted by atomic mass is 9.87. The fourth-order valence-corrected chi connectivity index (χ4v) is 2.23. The molecule has 0 aromatic carbocycles. The summed E-state index contributed by atoms with van der Waals surface area (Å²) in [6.07, 6.45) is 0. The zero-order valence-corrected chi connectivity index (χ0v) is 9.20. The van der Waals surface area contributed by atoms with Crippen molar-refractivity contribution in [2.24, 2.45) is 0 Å². The molecular formula is C9H8Cl2N2O. The SMILES string of the molecule is CC1(C)C(=O)Nc2nc(Cl)cc(Cl)c21. The lowest BCUT2D eigenvalue weighted by Gasteiger charge is -2.15. The highest BCUT2D eigenvalue weighted by Gasteiger charge is 2.41. The minimum absolute atomic E-state index is 0.107. The van der Waals surface area contributed by atoms with Gasteiger partial charge in [-0.1, -0.05) is 23.2 Å². The summed E-state index contributed by atoms with van der Waals surface area (Å²) in [5.41, 5.74) is 0.0814. The number of carbonyl (C=O) groups is 1. The number of fused-ring (bicyclic) bond motifs is 1. The van der Waals surface area contributed by atoms with Gasteiger partial charge in [0.2, 0.25) is 5.91 Å². The minimum Gasteiger partial charge on any atom is -0.310 e. The van der Waals surface area contributed by atoms with Gasteiger partial charge in [-0.25, -0.2) is 4.98 Å². The Morgan fingerprint density at radius 3 is 2.71 bits per heavy atom. The summed E-state index contributed by atoms with van der Waals surface area (Å²) in [4.78, 5) is 15.6. The van der Waals surface area contributed by atoms with Crippen LogP contribution in [0.2, 0.25) is 10.2 Å². The Labute approximate surface area is 91.4 Å². The van der Waals surface area contributed by atoms with E-state index in [0.717, 1.165) is 0 Å². The van der Waals surface area contributed by atoms with E-state index in [1.165, 1.54) is 0 Å². The minimum atomic E-state index is -0.635. The Bertz CT molecular complexity index is 429. The largest absolute Gasteiger partial charge is 0.310 e. The van der Waals surface area contributed by atoms with Crippen molar-refractivity contribution >= 4 is 34.9 Å². The Balaban J connectivity index is 2.71. The third-order valence-corrected chi connectivity index (χ3v) is 2.86. The Hall–Kier alpha value is -0.800. The van der Waals surface area contributed by atoms with E-state index in [0.29, 0.717) is 16.4 Å². The van der Waals surface area contributed by atoms with Crippen LogP contribution in [0, 0.1) is 0 Å². The zero-order chi connectivity index (χ0) is 10.5. The first-order valence-corrected chi connectivity index (χ1v) is 4.86. The van der Waals surface area contributed by atoms with Gasteiger partial charge in [0.1, 0.15) is 11.0 Å². The lowest BCUT2D eigenvalue weighted by molar-refractivity contribution is -0.119. The normalized spacial score (nSPS) is 17.9. The highest BCUT2D eigenvalue weighted by molar-refractivity contribution is 6.35. The molecule has 0 atom stereocenters. The molecule has 1 amide bonds. The average molecular weight is 231 g/mol. The van der Waals surface area contributed by atoms with Crippen molar-refractivity contribution < 1.29 is 4.79 Å². The molecule has 1 aliphatic heterocycles. The molecule has 1 aromatic rings. The third-order valence-electron chi connectivity index (χ3n) is 2.36. The molecule has 74 valence electrons. The van der Waals surface area contributed by atoms with Crippen molar-refractivity contribution in [1.29, 1.82) is 0 Å². The van der Waals surface area contributed by atoms with Gasteiger partial charge in [0.05, 0.1) is 10.4 Å². The van der Waals surface area contributed by atoms with Crippen molar-refractivity contribution in [2.45, 2.75) is 19.3 Å². The molecule has 0 spiro atoms. The second-order valence-corrected chi connectivity index (χ2v) is 4.52. The van der Waals surface area contributed by atoms with Gasteiger partial charge in [-0.15, -0.1) is 0 Å². The molecule has 2 rings (SSSR count). The van der Waals surface area contributed by atoms with Crippen LogP contribution >= 0.6 is 23.2 Å². The highest BCUT2D eigenvalue weighted by Crippen LogP contribution is 2.41. The van der Waals surface area contributed by atoms with E-state index in [4.69, 9.17) is 23.2 Å². The maximum Gasteiger partial charge on any atom is 0.235 e. The van der Waals surface area contributed by atoms with Crippen LogP contribution in [0.15, 0.2) is 6.07 Å². The molecule has 1 aromatic heterocycles. The van der Waals surface area contributed by atoms with Crippen molar-refractivity contribution in [3.63, 3.8) is 0 Å². The Morgan fingerprint density at radius 2 is 2.07 bits per heavy atom. The predicted octanol–water partition coefficient (Wildman–Crippen LogP) is 2.62. The van der Waals surface area contributed by atoms with Crippen LogP contribution in [0.1, 0.15) is 19.4 Å². The van der Waals surface area contributed by atoms with E-state index in [9.17, 15) is 4.79 Å². The van der Waals surface area contributed by atoms with Crippen LogP contribution in [-0.4, -0.2) is 10.9 Å². The van der Waals surface area contributed by atoms with E-state index in [1.54, 1.807) is 19.9 Å². The van der Waals surface area contributed by atoms with Gasteiger partial charge >= 0.3 is 0 Å². The number of nitrogens with zero attached hydrogens (tertiary/aromatic N) is 1. The molecule has 14 heavy (non-hydrogen) atoms. The van der Waals surface area contributed by atoms with Gasteiger partial charge in [-0.05, 0) is 19.9 Å². The maximum atomic E-state index is 11.6. The summed E-state index contributed by atoms with van der Waals surface area (Å²) in [5, 5.41) is 3.41. The number of rotatable bonds is 0. The molecular weight excluding hydrogens is 223 g/mol. The molecule has 0 saturated carbocycles. The van der Waals surface area contributed by atoms with Crippen molar-refractivity contribution in [2.75, 3.05) is 5.32 Å². The molecule has 0 unspecified atom stereocenters. The number of pyridine rings is 1. The molecule has 2 heterocycles. The molecule has 0 radical (unpaired) electrons. The second-order valence-electron chi connectivity index (χ2n) is 3.73. The fraction of sp³-hybridized carbons (Fsp3) is 0.333. The smallest absolute Gasteiger partial charge is 0.235 e. The monoisotopic (exact) mass is 230 g/mol. The fourth-order valence-electron chi connectivity index (χ4n) is 1.55. The van der Waals surface area contributed by atoms with Crippen LogP contribution in [0.4, 0.5) is 5.82 Å². The first kappa shape index (κ1) is 9.74. The number of aromatic nitrogens is 1. The first-order valence-electron chi connectivity index (χ1n) is 4.11. The summed E-state index contributed by atoms with van der Waals surface area (Å²) in [6, 6.07) is 1.55. The van der Waals surface area contributed by atoms with Gasteiger partial charge in [0.25, 0.3) is 0 Å². The molecule has 1 aliphatic rings. The number of halogens is 2. The molecule has 0 fully saturated rings. The number of hydrogen-bond donors (Lipinski definition) is 1. The molecule has 0 bridgehead atoms. The Morgan fingerprint density at radius 1 is 1.43 bits per heavy atom. The number of hydrogen-bond acceptors (Lipinski definition) is 2. The van der Waals surface area contributed by atoms with Crippen molar-refractivity contribution in [1.82, 2.24) is 4.98 Å². The first-order chi connectivity index (χ1) is 6.43. The Kier molecular flexibility index (Phi) is 1.98. The summed E-state index contributed by atoms with van der Waals surface area (Å²) in [6.45, 7) is 3.60. The lowest BCUT2D eigenvalue weighted by Crippen LogP contribution is -2.27. The van der Waals surface area contributed by atoms with Gasteiger partial charge in [-0.2, -0.15) is 0 Å². The van der Waals surface area contributed by atoms with Crippen LogP contribution in [0.25, 0.3) is 0 Å². The van der Waals surface area contributed by atoms with Crippen LogP contribution in [0.5, 0.6) is 0 Å². The van der Waals surface area contributed by atoms with E-state index >= 15 is 0 Å². The van der Waals surface area contributed by atoms with Crippen LogP contribution in [0.3, 0.4) is 0 Å². The summed E-state index contributed by atoms with van der Waals surface area (Å²) >= 11 is 11.7. The summed E-state index contributed by atoms with van der Waals surface area (Å²) in [5.74, 6) is 0.363. The molecule has 5 heteroatoms. The van der Waals surface area contributed by atoms with Crippen molar-refractivity contribution in [3.8, 4) is 0 Å².